The van der Waals surface area contributed by atoms with Gasteiger partial charge >= 0.3 is 5.97 Å². The van der Waals surface area contributed by atoms with Crippen molar-refractivity contribution in [3.05, 3.63) is 47.7 Å². The molecular weight excluding hydrogens is 312 g/mol. The highest BCUT2D eigenvalue weighted by atomic mass is 16.5. The number of piperidine rings is 1. The molecule has 3 heterocycles. The van der Waals surface area contributed by atoms with Gasteiger partial charge in [0.25, 0.3) is 0 Å². The second-order valence-electron chi connectivity index (χ2n) is 7.35. The second kappa shape index (κ2) is 6.34. The van der Waals surface area contributed by atoms with Gasteiger partial charge in [-0.3, -0.25) is 4.90 Å². The van der Waals surface area contributed by atoms with Gasteiger partial charge in [-0.15, -0.1) is 0 Å². The first-order chi connectivity index (χ1) is 12.1. The lowest BCUT2D eigenvalue weighted by molar-refractivity contribution is -0.137. The van der Waals surface area contributed by atoms with E-state index < -0.39 is 0 Å². The quantitative estimate of drug-likeness (QED) is 0.683. The number of carbonyl (C=O) groups excluding carboxylic acids is 1. The summed E-state index contributed by atoms with van der Waals surface area (Å²) in [7, 11) is 1.44. The molecule has 0 aliphatic carbocycles. The van der Waals surface area contributed by atoms with Gasteiger partial charge in [0.05, 0.1) is 13.2 Å². The maximum absolute atomic E-state index is 12.1. The van der Waals surface area contributed by atoms with Crippen molar-refractivity contribution in [1.29, 1.82) is 0 Å². The lowest BCUT2D eigenvalue weighted by atomic mass is 9.74. The third-order valence-electron chi connectivity index (χ3n) is 6.20. The van der Waals surface area contributed by atoms with E-state index in [1.807, 2.05) is 0 Å². The molecule has 0 saturated carbocycles. The Balaban J connectivity index is 1.71. The van der Waals surface area contributed by atoms with Crippen LogP contribution in [-0.2, 0) is 16.0 Å². The number of hydrogen-bond donors (Lipinski definition) is 1. The topological polar surface area (TPSA) is 45.3 Å². The Labute approximate surface area is 148 Å². The molecule has 0 spiro atoms. The molecule has 0 radical (unpaired) electrons. The van der Waals surface area contributed by atoms with E-state index in [4.69, 9.17) is 4.74 Å². The van der Waals surface area contributed by atoms with E-state index in [9.17, 15) is 4.79 Å². The summed E-state index contributed by atoms with van der Waals surface area (Å²) in [6.07, 6.45) is 3.09. The highest BCUT2D eigenvalue weighted by Crippen LogP contribution is 2.45. The summed E-state index contributed by atoms with van der Waals surface area (Å²) in [6, 6.07) is 8.89. The number of carbonyl (C=O) groups is 1. The number of H-pyrrole nitrogens is 1. The molecule has 1 aromatic carbocycles. The monoisotopic (exact) mass is 338 g/mol. The summed E-state index contributed by atoms with van der Waals surface area (Å²) < 4.78 is 4.95. The van der Waals surface area contributed by atoms with Gasteiger partial charge in [0.15, 0.2) is 0 Å². The van der Waals surface area contributed by atoms with Crippen LogP contribution in [0.5, 0.6) is 0 Å². The molecule has 2 aromatic rings. The van der Waals surface area contributed by atoms with Gasteiger partial charge in [-0.05, 0) is 36.3 Å². The number of esters is 1. The molecule has 0 amide bonds. The third-order valence-corrected chi connectivity index (χ3v) is 6.20. The number of benzene rings is 1. The molecule has 3 atom stereocenters. The van der Waals surface area contributed by atoms with Crippen LogP contribution in [0.2, 0.25) is 0 Å². The Morgan fingerprint density at radius 3 is 2.96 bits per heavy atom. The smallest absolute Gasteiger partial charge is 0.333 e. The largest absolute Gasteiger partial charge is 0.466 e. The van der Waals surface area contributed by atoms with Crippen LogP contribution in [-0.4, -0.2) is 36.1 Å². The molecule has 0 bridgehead atoms. The molecule has 2 aliphatic heterocycles. The third kappa shape index (κ3) is 2.60. The van der Waals surface area contributed by atoms with Crippen molar-refractivity contribution in [2.45, 2.75) is 32.2 Å². The molecule has 4 rings (SSSR count). The van der Waals surface area contributed by atoms with Crippen molar-refractivity contribution >= 4 is 16.9 Å². The molecule has 132 valence electrons. The molecule has 1 saturated heterocycles. The number of nitrogens with zero attached hydrogens (tertiary/aromatic N) is 1. The van der Waals surface area contributed by atoms with E-state index in [2.05, 4.69) is 47.7 Å². The highest BCUT2D eigenvalue weighted by Gasteiger charge is 2.41. The zero-order valence-electron chi connectivity index (χ0n) is 15.0. The number of aromatic amines is 1. The Kier molecular flexibility index (Phi) is 4.16. The summed E-state index contributed by atoms with van der Waals surface area (Å²) in [5.41, 5.74) is 4.64. The van der Waals surface area contributed by atoms with Crippen molar-refractivity contribution in [3.63, 3.8) is 0 Å². The lowest BCUT2D eigenvalue weighted by Crippen LogP contribution is -2.46. The summed E-state index contributed by atoms with van der Waals surface area (Å²) in [4.78, 5) is 18.3. The molecule has 0 unspecified atom stereocenters. The maximum atomic E-state index is 12.1. The van der Waals surface area contributed by atoms with Crippen LogP contribution in [0, 0.1) is 11.8 Å². The Morgan fingerprint density at radius 2 is 2.20 bits per heavy atom. The van der Waals surface area contributed by atoms with Crippen LogP contribution in [0.3, 0.4) is 0 Å². The Morgan fingerprint density at radius 1 is 1.40 bits per heavy atom. The molecule has 1 N–H and O–H groups in total. The maximum Gasteiger partial charge on any atom is 0.333 e. The number of ether oxygens (including phenoxy) is 1. The minimum atomic E-state index is -0.260. The van der Waals surface area contributed by atoms with Gasteiger partial charge in [0.1, 0.15) is 0 Å². The zero-order valence-corrected chi connectivity index (χ0v) is 15.0. The van der Waals surface area contributed by atoms with E-state index >= 15 is 0 Å². The number of fused-ring (bicyclic) bond motifs is 5. The molecule has 2 aliphatic rings. The van der Waals surface area contributed by atoms with Crippen LogP contribution in [0.15, 0.2) is 36.4 Å². The summed E-state index contributed by atoms with van der Waals surface area (Å²) in [5.74, 6) is 0.398. The fourth-order valence-corrected chi connectivity index (χ4v) is 4.84. The van der Waals surface area contributed by atoms with Crippen molar-refractivity contribution in [2.24, 2.45) is 11.8 Å². The Hall–Kier alpha value is -2.07. The molecule has 1 fully saturated rings. The molecule has 4 heteroatoms. The zero-order chi connectivity index (χ0) is 17.6. The standard InChI is InChI=1S/C21H26N2O2/c1-4-14-12-23-10-9-16-15-7-5-6-8-18(15)22-20(16)19(23)11-17(14)13(2)21(24)25-3/h5-8,14,17,19,22H,2,4,9-12H2,1,3H3/t14-,17+,19+/m0/s1. The van der Waals surface area contributed by atoms with Crippen LogP contribution in [0.4, 0.5) is 0 Å². The average molecular weight is 338 g/mol. The van der Waals surface area contributed by atoms with Crippen LogP contribution in [0.1, 0.15) is 37.1 Å². The average Bonchev–Trinajstić information content (AvgIpc) is 3.04. The number of aromatic nitrogens is 1. The van der Waals surface area contributed by atoms with Gasteiger partial charge in [0.2, 0.25) is 0 Å². The van der Waals surface area contributed by atoms with E-state index in [0.29, 0.717) is 17.5 Å². The second-order valence-corrected chi connectivity index (χ2v) is 7.35. The van der Waals surface area contributed by atoms with Gasteiger partial charge in [0, 0.05) is 35.3 Å². The predicted octanol–water partition coefficient (Wildman–Crippen LogP) is 3.84. The first kappa shape index (κ1) is 16.4. The van der Waals surface area contributed by atoms with Crippen molar-refractivity contribution in [1.82, 2.24) is 9.88 Å². The normalized spacial score (nSPS) is 26.1. The van der Waals surface area contributed by atoms with Crippen molar-refractivity contribution in [3.8, 4) is 0 Å². The summed E-state index contributed by atoms with van der Waals surface area (Å²) in [5, 5.41) is 1.35. The van der Waals surface area contributed by atoms with E-state index in [1.54, 1.807) is 0 Å². The summed E-state index contributed by atoms with van der Waals surface area (Å²) in [6.45, 7) is 8.40. The van der Waals surface area contributed by atoms with Gasteiger partial charge < -0.3 is 9.72 Å². The van der Waals surface area contributed by atoms with Gasteiger partial charge in [-0.2, -0.15) is 0 Å². The van der Waals surface area contributed by atoms with Gasteiger partial charge in [-0.1, -0.05) is 38.1 Å². The predicted molar refractivity (Wildman–Crippen MR) is 99.4 cm³/mol. The number of hydrogen-bond acceptors (Lipinski definition) is 3. The van der Waals surface area contributed by atoms with Crippen LogP contribution in [0.25, 0.3) is 10.9 Å². The SMILES string of the molecule is C=C(C(=O)OC)[C@H]1C[C@@H]2c3[nH]c4ccccc4c3CCN2C[C@@H]1CC. The number of rotatable bonds is 3. The highest BCUT2D eigenvalue weighted by molar-refractivity contribution is 5.88. The number of nitrogens with one attached hydrogen (secondary N) is 1. The van der Waals surface area contributed by atoms with Crippen LogP contribution < -0.4 is 0 Å². The Bertz CT molecular complexity index is 822. The number of methoxy groups -OCH3 is 1. The molecule has 25 heavy (non-hydrogen) atoms. The molecule has 1 aromatic heterocycles. The summed E-state index contributed by atoms with van der Waals surface area (Å²) >= 11 is 0. The minimum absolute atomic E-state index is 0.191. The fraction of sp³-hybridized carbons (Fsp3) is 0.476. The first-order valence-electron chi connectivity index (χ1n) is 9.24. The van der Waals surface area contributed by atoms with Crippen molar-refractivity contribution < 1.29 is 9.53 Å². The van der Waals surface area contributed by atoms with Crippen LogP contribution >= 0.6 is 0 Å². The van der Waals surface area contributed by atoms with E-state index in [1.165, 1.54) is 29.3 Å². The molecule has 4 nitrogen and oxygen atoms in total. The lowest BCUT2D eigenvalue weighted by Gasteiger charge is -2.46. The first-order valence-corrected chi connectivity index (χ1v) is 9.24. The van der Waals surface area contributed by atoms with E-state index in [0.717, 1.165) is 32.4 Å². The number of para-hydroxylation sites is 1. The fourth-order valence-electron chi connectivity index (χ4n) is 4.84. The van der Waals surface area contributed by atoms with E-state index in [-0.39, 0.29) is 11.9 Å². The molecular formula is C21H26N2O2. The minimum Gasteiger partial charge on any atom is -0.466 e. The van der Waals surface area contributed by atoms with Gasteiger partial charge in [-0.25, -0.2) is 4.79 Å². The van der Waals surface area contributed by atoms with Crippen molar-refractivity contribution in [2.75, 3.05) is 20.2 Å².